The van der Waals surface area contributed by atoms with Crippen LogP contribution in [0, 0.1) is 11.3 Å². The number of hydrogen-bond acceptors (Lipinski definition) is 7. The molecule has 3 N–H and O–H groups in total. The van der Waals surface area contributed by atoms with Crippen LogP contribution in [0.5, 0.6) is 0 Å². The molecular weight excluding hydrogens is 514 g/mol. The summed E-state index contributed by atoms with van der Waals surface area (Å²) in [5.41, 5.74) is 10.5. The Morgan fingerprint density at radius 1 is 1.05 bits per heavy atom. The van der Waals surface area contributed by atoms with Crippen molar-refractivity contribution in [3.63, 3.8) is 0 Å². The van der Waals surface area contributed by atoms with Crippen molar-refractivity contribution in [1.82, 2.24) is 14.9 Å². The van der Waals surface area contributed by atoms with Gasteiger partial charge in [0.15, 0.2) is 0 Å². The highest BCUT2D eigenvalue weighted by Gasteiger charge is 2.33. The number of carbonyl (C=O) groups excluding carboxylic acids is 2. The average Bonchev–Trinajstić information content (AvgIpc) is 2.93. The van der Waals surface area contributed by atoms with Crippen molar-refractivity contribution in [1.29, 1.82) is 5.26 Å². The van der Waals surface area contributed by atoms with Crippen LogP contribution in [0.1, 0.15) is 60.8 Å². The van der Waals surface area contributed by atoms with E-state index in [4.69, 9.17) is 11.0 Å². The molecule has 1 aromatic carbocycles. The summed E-state index contributed by atoms with van der Waals surface area (Å²) in [4.78, 5) is 37.9. The molecule has 202 valence electrons. The van der Waals surface area contributed by atoms with E-state index in [-0.39, 0.29) is 42.3 Å². The molecule has 2 aliphatic rings. The van der Waals surface area contributed by atoms with Gasteiger partial charge in [-0.15, -0.1) is 12.4 Å². The Labute approximate surface area is 234 Å². The Hall–Kier alpha value is -4.00. The molecule has 10 heteroatoms. The number of nitrogens with one attached hydrogen (secondary N) is 1. The van der Waals surface area contributed by atoms with Gasteiger partial charge in [-0.3, -0.25) is 14.6 Å². The first-order chi connectivity index (χ1) is 18.3. The van der Waals surface area contributed by atoms with Crippen LogP contribution in [-0.4, -0.2) is 51.9 Å². The summed E-state index contributed by atoms with van der Waals surface area (Å²) in [6.45, 7) is 4.93. The SMILES string of the molecule is CC(=O)N1c2ccc(-c3ccc(C(=O)N4CCC(N)CC4)nc3)cc2[C@H](Nc2ccc(C#N)cn2)C[C@@H]1C.Cl. The molecule has 5 rings (SSSR count). The lowest BCUT2D eigenvalue weighted by atomic mass is 9.89. The molecule has 2 aliphatic heterocycles. The first-order valence-corrected chi connectivity index (χ1v) is 12.9. The van der Waals surface area contributed by atoms with Crippen LogP contribution >= 0.6 is 12.4 Å². The second kappa shape index (κ2) is 11.8. The van der Waals surface area contributed by atoms with Crippen molar-refractivity contribution in [2.45, 2.75) is 51.2 Å². The molecule has 0 aliphatic carbocycles. The third-order valence-electron chi connectivity index (χ3n) is 7.38. The number of aromatic nitrogens is 2. The minimum atomic E-state index is -0.0877. The predicted octanol–water partition coefficient (Wildman–Crippen LogP) is 4.30. The van der Waals surface area contributed by atoms with Crippen LogP contribution in [0.2, 0.25) is 0 Å². The molecule has 4 heterocycles. The first-order valence-electron chi connectivity index (χ1n) is 12.9. The third kappa shape index (κ3) is 5.87. The maximum Gasteiger partial charge on any atom is 0.272 e. The van der Waals surface area contributed by atoms with Gasteiger partial charge in [-0.1, -0.05) is 12.1 Å². The van der Waals surface area contributed by atoms with E-state index in [0.29, 0.717) is 36.6 Å². The molecular formula is C29H32ClN7O2. The second-order valence-corrected chi connectivity index (χ2v) is 10.0. The van der Waals surface area contributed by atoms with E-state index in [9.17, 15) is 9.59 Å². The van der Waals surface area contributed by atoms with Crippen LogP contribution < -0.4 is 16.0 Å². The van der Waals surface area contributed by atoms with Gasteiger partial charge in [0, 0.05) is 55.7 Å². The summed E-state index contributed by atoms with van der Waals surface area (Å²) in [7, 11) is 0. The van der Waals surface area contributed by atoms with Gasteiger partial charge in [-0.25, -0.2) is 4.98 Å². The Kier molecular flexibility index (Phi) is 8.48. The quantitative estimate of drug-likeness (QED) is 0.500. The van der Waals surface area contributed by atoms with Gasteiger partial charge in [0.1, 0.15) is 17.6 Å². The van der Waals surface area contributed by atoms with Gasteiger partial charge < -0.3 is 20.9 Å². The number of anilines is 2. The Morgan fingerprint density at radius 2 is 1.79 bits per heavy atom. The molecule has 0 spiro atoms. The molecule has 0 bridgehead atoms. The number of hydrogen-bond donors (Lipinski definition) is 2. The van der Waals surface area contributed by atoms with Crippen molar-refractivity contribution in [3.05, 3.63) is 71.7 Å². The molecule has 0 unspecified atom stereocenters. The van der Waals surface area contributed by atoms with Crippen molar-refractivity contribution in [3.8, 4) is 17.2 Å². The van der Waals surface area contributed by atoms with Crippen LogP contribution in [0.25, 0.3) is 11.1 Å². The Morgan fingerprint density at radius 3 is 2.41 bits per heavy atom. The van der Waals surface area contributed by atoms with E-state index in [1.54, 1.807) is 37.5 Å². The minimum Gasteiger partial charge on any atom is -0.363 e. The number of nitrogens with zero attached hydrogens (tertiary/aromatic N) is 5. The lowest BCUT2D eigenvalue weighted by Crippen LogP contribution is -2.43. The fourth-order valence-corrected chi connectivity index (χ4v) is 5.34. The van der Waals surface area contributed by atoms with E-state index in [1.807, 2.05) is 34.9 Å². The lowest BCUT2D eigenvalue weighted by Gasteiger charge is -2.39. The zero-order valence-electron chi connectivity index (χ0n) is 22.0. The molecule has 0 radical (unpaired) electrons. The maximum atomic E-state index is 12.9. The topological polar surface area (TPSA) is 128 Å². The molecule has 2 amide bonds. The van der Waals surface area contributed by atoms with Crippen molar-refractivity contribution >= 4 is 35.7 Å². The summed E-state index contributed by atoms with van der Waals surface area (Å²) >= 11 is 0. The maximum absolute atomic E-state index is 12.9. The smallest absolute Gasteiger partial charge is 0.272 e. The Balaban J connectivity index is 0.00000353. The van der Waals surface area contributed by atoms with E-state index in [2.05, 4.69) is 27.4 Å². The van der Waals surface area contributed by atoms with E-state index >= 15 is 0 Å². The molecule has 9 nitrogen and oxygen atoms in total. The highest BCUT2D eigenvalue weighted by atomic mass is 35.5. The number of nitrogens with two attached hydrogens (primary N) is 1. The molecule has 2 aromatic heterocycles. The monoisotopic (exact) mass is 545 g/mol. The van der Waals surface area contributed by atoms with Crippen LogP contribution in [-0.2, 0) is 4.79 Å². The first kappa shape index (κ1) is 28.0. The number of benzene rings is 1. The van der Waals surface area contributed by atoms with Crippen LogP contribution in [0.3, 0.4) is 0 Å². The third-order valence-corrected chi connectivity index (χ3v) is 7.38. The molecule has 0 saturated carbocycles. The Bertz CT molecular complexity index is 1380. The number of halogens is 1. The highest BCUT2D eigenvalue weighted by Crippen LogP contribution is 2.41. The van der Waals surface area contributed by atoms with Gasteiger partial charge >= 0.3 is 0 Å². The lowest BCUT2D eigenvalue weighted by molar-refractivity contribution is -0.117. The fraction of sp³-hybridized carbons (Fsp3) is 0.345. The van der Waals surface area contributed by atoms with Gasteiger partial charge in [-0.05, 0) is 67.6 Å². The predicted molar refractivity (Wildman–Crippen MR) is 153 cm³/mol. The van der Waals surface area contributed by atoms with E-state index < -0.39 is 0 Å². The normalized spacial score (nSPS) is 18.9. The fourth-order valence-electron chi connectivity index (χ4n) is 5.34. The number of nitriles is 1. The zero-order chi connectivity index (χ0) is 26.8. The van der Waals surface area contributed by atoms with Crippen molar-refractivity contribution < 1.29 is 9.59 Å². The number of pyridine rings is 2. The summed E-state index contributed by atoms with van der Waals surface area (Å²) in [5, 5.41) is 12.6. The number of piperidine rings is 1. The number of rotatable bonds is 4. The standard InChI is InChI=1S/C29H31N7O2.ClH/c1-18-13-26(34-28-8-3-20(15-30)16-33-28)24-14-21(5-7-27(24)36(18)19(2)37)22-4-6-25(32-17-22)29(38)35-11-9-23(31)10-12-35;/h3-8,14,16-18,23,26H,9-13,31H2,1-2H3,(H,33,34);1H/t18-,26+;/m0./s1. The second-order valence-electron chi connectivity index (χ2n) is 10.0. The number of amides is 2. The number of likely N-dealkylation sites (tertiary alicyclic amines) is 1. The van der Waals surface area contributed by atoms with Gasteiger partial charge in [0.05, 0.1) is 11.6 Å². The summed E-state index contributed by atoms with van der Waals surface area (Å²) in [6, 6.07) is 15.4. The number of carbonyl (C=O) groups is 2. The average molecular weight is 546 g/mol. The van der Waals surface area contributed by atoms with Gasteiger partial charge in [0.2, 0.25) is 5.91 Å². The van der Waals surface area contributed by atoms with E-state index in [0.717, 1.165) is 35.2 Å². The highest BCUT2D eigenvalue weighted by molar-refractivity contribution is 5.95. The van der Waals surface area contributed by atoms with E-state index in [1.165, 1.54) is 0 Å². The molecule has 3 aromatic rings. The largest absolute Gasteiger partial charge is 0.363 e. The number of fused-ring (bicyclic) bond motifs is 1. The molecule has 39 heavy (non-hydrogen) atoms. The minimum absolute atomic E-state index is 0. The summed E-state index contributed by atoms with van der Waals surface area (Å²) in [6.07, 6.45) is 5.58. The molecule has 2 atom stereocenters. The zero-order valence-corrected chi connectivity index (χ0v) is 22.8. The molecule has 1 fully saturated rings. The molecule has 1 saturated heterocycles. The summed E-state index contributed by atoms with van der Waals surface area (Å²) < 4.78 is 0. The van der Waals surface area contributed by atoms with Gasteiger partial charge in [-0.2, -0.15) is 5.26 Å². The van der Waals surface area contributed by atoms with Crippen molar-refractivity contribution in [2.75, 3.05) is 23.3 Å². The van der Waals surface area contributed by atoms with Crippen molar-refractivity contribution in [2.24, 2.45) is 5.73 Å². The summed E-state index contributed by atoms with van der Waals surface area (Å²) in [5.74, 6) is 0.584. The van der Waals surface area contributed by atoms with Crippen LogP contribution in [0.15, 0.2) is 54.9 Å². The van der Waals surface area contributed by atoms with Crippen LogP contribution in [0.4, 0.5) is 11.5 Å². The van der Waals surface area contributed by atoms with Gasteiger partial charge in [0.25, 0.3) is 5.91 Å².